The van der Waals surface area contributed by atoms with Gasteiger partial charge in [0.2, 0.25) is 15.8 Å². The van der Waals surface area contributed by atoms with Crippen molar-refractivity contribution in [3.8, 4) is 12.0 Å². The van der Waals surface area contributed by atoms with Crippen molar-refractivity contribution in [3.63, 3.8) is 0 Å². The van der Waals surface area contributed by atoms with E-state index < -0.39 is 38.2 Å². The van der Waals surface area contributed by atoms with E-state index in [0.29, 0.717) is 22.0 Å². The molecule has 1 aliphatic rings. The van der Waals surface area contributed by atoms with Crippen molar-refractivity contribution < 1.29 is 17.2 Å². The third-order valence-electron chi connectivity index (χ3n) is 5.18. The summed E-state index contributed by atoms with van der Waals surface area (Å²) in [7, 11) is -3.84. The zero-order chi connectivity index (χ0) is 23.6. The highest BCUT2D eigenvalue weighted by molar-refractivity contribution is 14.1. The second kappa shape index (κ2) is 9.52. The molecule has 4 rings (SSSR count). The predicted molar refractivity (Wildman–Crippen MR) is 132 cm³/mol. The Hall–Kier alpha value is -2.91. The molecular weight excluding hydrogens is 563 g/mol. The van der Waals surface area contributed by atoms with Crippen molar-refractivity contribution in [2.75, 3.05) is 10.0 Å². The Morgan fingerprint density at radius 3 is 2.42 bits per heavy atom. The first kappa shape index (κ1) is 23.3. The minimum atomic E-state index is -3.84. The number of nitrogens with one attached hydrogen (secondary N) is 2. The summed E-state index contributed by atoms with van der Waals surface area (Å²) in [4.78, 5) is 12.6. The molecule has 0 radical (unpaired) electrons. The number of nitrogens with zero attached hydrogens (tertiary/aromatic N) is 1. The van der Waals surface area contributed by atoms with Crippen molar-refractivity contribution in [2.24, 2.45) is 0 Å². The van der Waals surface area contributed by atoms with Gasteiger partial charge in [-0.25, -0.2) is 17.4 Å². The molecule has 1 heterocycles. The number of aromatic nitrogens is 1. The highest BCUT2D eigenvalue weighted by Crippen LogP contribution is 2.32. The van der Waals surface area contributed by atoms with Crippen LogP contribution < -0.4 is 15.6 Å². The number of rotatable bonds is 5. The normalized spacial score (nSPS) is 13.5. The number of hydrogen-bond acceptors (Lipinski definition) is 4. The molecule has 1 aromatic heterocycles. The lowest BCUT2D eigenvalue weighted by Gasteiger charge is -2.26. The lowest BCUT2D eigenvalue weighted by molar-refractivity contribution is 0.479. The SMILES string of the molecule is O=c1c(F)c(Nc2ccc(I)cc2F)c(NS(=O)(=O)C2CCC2)cn1C#Cc1ccccc1. The van der Waals surface area contributed by atoms with Crippen molar-refractivity contribution >= 4 is 49.7 Å². The molecule has 170 valence electrons. The van der Waals surface area contributed by atoms with Gasteiger partial charge in [-0.1, -0.05) is 24.6 Å². The van der Waals surface area contributed by atoms with Gasteiger partial charge in [-0.2, -0.15) is 4.39 Å². The quantitative estimate of drug-likeness (QED) is 0.341. The molecule has 6 nitrogen and oxygen atoms in total. The first-order valence-corrected chi connectivity index (χ1v) is 12.6. The van der Waals surface area contributed by atoms with Gasteiger partial charge in [0.1, 0.15) is 11.5 Å². The van der Waals surface area contributed by atoms with E-state index in [2.05, 4.69) is 22.0 Å². The van der Waals surface area contributed by atoms with E-state index in [0.717, 1.165) is 17.2 Å². The van der Waals surface area contributed by atoms with Crippen LogP contribution >= 0.6 is 22.6 Å². The Bertz CT molecular complexity index is 1430. The van der Waals surface area contributed by atoms with Gasteiger partial charge in [0.05, 0.1) is 16.6 Å². The lowest BCUT2D eigenvalue weighted by atomic mass is 10.0. The van der Waals surface area contributed by atoms with Crippen LogP contribution in [-0.2, 0) is 10.0 Å². The Kier molecular flexibility index (Phi) is 6.71. The Morgan fingerprint density at radius 2 is 1.79 bits per heavy atom. The number of sulfonamides is 1. The highest BCUT2D eigenvalue weighted by Gasteiger charge is 2.32. The van der Waals surface area contributed by atoms with Crippen LogP contribution in [0.25, 0.3) is 0 Å². The van der Waals surface area contributed by atoms with Crippen molar-refractivity contribution in [1.82, 2.24) is 4.57 Å². The molecule has 1 saturated carbocycles. The summed E-state index contributed by atoms with van der Waals surface area (Å²) in [5.74, 6) is 0.770. The molecular formula is C23H18F2IN3O3S. The topological polar surface area (TPSA) is 80.2 Å². The Labute approximate surface area is 203 Å². The first-order chi connectivity index (χ1) is 15.7. The predicted octanol–water partition coefficient (Wildman–Crippen LogP) is 4.63. The average Bonchev–Trinajstić information content (AvgIpc) is 2.72. The lowest BCUT2D eigenvalue weighted by Crippen LogP contribution is -2.34. The number of benzene rings is 2. The first-order valence-electron chi connectivity index (χ1n) is 10.0. The van der Waals surface area contributed by atoms with E-state index in [9.17, 15) is 17.6 Å². The zero-order valence-electron chi connectivity index (χ0n) is 17.1. The summed E-state index contributed by atoms with van der Waals surface area (Å²) in [6.07, 6.45) is 2.85. The number of hydrogen-bond donors (Lipinski definition) is 2. The summed E-state index contributed by atoms with van der Waals surface area (Å²) in [5, 5.41) is 1.92. The van der Waals surface area contributed by atoms with E-state index in [1.807, 2.05) is 22.6 Å². The molecule has 1 fully saturated rings. The second-order valence-corrected chi connectivity index (χ2v) is 10.7. The largest absolute Gasteiger partial charge is 0.349 e. The molecule has 10 heteroatoms. The van der Waals surface area contributed by atoms with Gasteiger partial charge in [-0.05, 0) is 71.7 Å². The van der Waals surface area contributed by atoms with E-state index in [-0.39, 0.29) is 11.4 Å². The summed E-state index contributed by atoms with van der Waals surface area (Å²) in [6, 6.07) is 15.5. The van der Waals surface area contributed by atoms with Crippen LogP contribution in [-0.4, -0.2) is 18.2 Å². The van der Waals surface area contributed by atoms with Gasteiger partial charge in [0.15, 0.2) is 0 Å². The molecule has 2 N–H and O–H groups in total. The third-order valence-corrected chi connectivity index (χ3v) is 7.71. The van der Waals surface area contributed by atoms with Crippen molar-refractivity contribution in [3.05, 3.63) is 85.8 Å². The molecule has 3 aromatic rings. The van der Waals surface area contributed by atoms with Crippen LogP contribution in [0.5, 0.6) is 0 Å². The molecule has 0 unspecified atom stereocenters. The zero-order valence-corrected chi connectivity index (χ0v) is 20.1. The summed E-state index contributed by atoms with van der Waals surface area (Å²) in [6.45, 7) is 0. The van der Waals surface area contributed by atoms with Crippen LogP contribution in [0.15, 0.2) is 59.5 Å². The van der Waals surface area contributed by atoms with Crippen LogP contribution in [0.3, 0.4) is 0 Å². The van der Waals surface area contributed by atoms with Gasteiger partial charge in [0, 0.05) is 21.4 Å². The number of halogens is 3. The van der Waals surface area contributed by atoms with E-state index in [1.54, 1.807) is 36.4 Å². The second-order valence-electron chi connectivity index (χ2n) is 7.46. The minimum Gasteiger partial charge on any atom is -0.349 e. The van der Waals surface area contributed by atoms with Crippen LogP contribution in [0, 0.1) is 27.2 Å². The molecule has 0 aliphatic heterocycles. The molecule has 0 amide bonds. The molecule has 0 bridgehead atoms. The summed E-state index contributed by atoms with van der Waals surface area (Å²) < 4.78 is 58.8. The standard InChI is InChI=1S/C23H18F2IN3O3S/c24-18-13-16(26)9-10-19(18)27-22-20(28-33(31,32)17-7-4-8-17)14-29(23(30)21(22)25)12-11-15-5-2-1-3-6-15/h1-3,5-6,9-10,13-14,17,27-28H,4,7-8H2. The van der Waals surface area contributed by atoms with Crippen molar-refractivity contribution in [2.45, 2.75) is 24.5 Å². The Balaban J connectivity index is 1.81. The average molecular weight is 581 g/mol. The maximum atomic E-state index is 15.2. The van der Waals surface area contributed by atoms with Gasteiger partial charge >= 0.3 is 5.56 Å². The van der Waals surface area contributed by atoms with Gasteiger partial charge in [-0.15, -0.1) is 0 Å². The fourth-order valence-electron chi connectivity index (χ4n) is 3.16. The molecule has 1 aliphatic carbocycles. The summed E-state index contributed by atoms with van der Waals surface area (Å²) >= 11 is 1.92. The van der Waals surface area contributed by atoms with E-state index in [4.69, 9.17) is 0 Å². The van der Waals surface area contributed by atoms with E-state index >= 15 is 4.39 Å². The maximum absolute atomic E-state index is 15.2. The monoisotopic (exact) mass is 581 g/mol. The van der Waals surface area contributed by atoms with Gasteiger partial charge in [0.25, 0.3) is 0 Å². The minimum absolute atomic E-state index is 0.106. The van der Waals surface area contributed by atoms with Gasteiger partial charge < -0.3 is 5.32 Å². The molecule has 0 atom stereocenters. The molecule has 2 aromatic carbocycles. The third kappa shape index (κ3) is 5.20. The fraction of sp³-hybridized carbons (Fsp3) is 0.174. The van der Waals surface area contributed by atoms with Gasteiger partial charge in [-0.3, -0.25) is 9.52 Å². The molecule has 33 heavy (non-hydrogen) atoms. The van der Waals surface area contributed by atoms with Crippen LogP contribution in [0.1, 0.15) is 24.8 Å². The van der Waals surface area contributed by atoms with Crippen LogP contribution in [0.4, 0.5) is 25.8 Å². The fourth-order valence-corrected chi connectivity index (χ4v) is 5.19. The van der Waals surface area contributed by atoms with E-state index in [1.165, 1.54) is 12.1 Å². The smallest absolute Gasteiger partial charge is 0.300 e. The highest BCUT2D eigenvalue weighted by atomic mass is 127. The molecule has 0 spiro atoms. The Morgan fingerprint density at radius 1 is 1.06 bits per heavy atom. The number of anilines is 3. The maximum Gasteiger partial charge on any atom is 0.300 e. The molecule has 0 saturated heterocycles. The van der Waals surface area contributed by atoms with Crippen molar-refractivity contribution in [1.29, 1.82) is 0 Å². The number of pyridine rings is 1. The summed E-state index contributed by atoms with van der Waals surface area (Å²) in [5.41, 5.74) is -1.32. The van der Waals surface area contributed by atoms with Crippen LogP contribution in [0.2, 0.25) is 0 Å².